The highest BCUT2D eigenvalue weighted by atomic mass is 16.5. The van der Waals surface area contributed by atoms with Crippen LogP contribution < -0.4 is 10.6 Å². The van der Waals surface area contributed by atoms with Gasteiger partial charge in [-0.1, -0.05) is 68.8 Å². The van der Waals surface area contributed by atoms with Crippen LogP contribution in [0.4, 0.5) is 4.79 Å². The summed E-state index contributed by atoms with van der Waals surface area (Å²) in [5, 5.41) is 14.9. The van der Waals surface area contributed by atoms with Crippen molar-refractivity contribution in [3.8, 4) is 11.1 Å². The summed E-state index contributed by atoms with van der Waals surface area (Å²) in [5.41, 5.74) is 4.56. The molecular weight excluding hydrogens is 432 g/mol. The van der Waals surface area contributed by atoms with Gasteiger partial charge in [-0.2, -0.15) is 0 Å². The number of rotatable bonds is 8. The second-order valence-electron chi connectivity index (χ2n) is 9.39. The molecule has 7 nitrogen and oxygen atoms in total. The minimum Gasteiger partial charge on any atom is -0.481 e. The molecule has 2 amide bonds. The van der Waals surface area contributed by atoms with Crippen LogP contribution in [0.25, 0.3) is 11.1 Å². The van der Waals surface area contributed by atoms with E-state index in [1.807, 2.05) is 38.1 Å². The third-order valence-corrected chi connectivity index (χ3v) is 7.24. The number of alkyl carbamates (subject to hydrolysis) is 1. The molecule has 0 saturated heterocycles. The van der Waals surface area contributed by atoms with Gasteiger partial charge in [-0.15, -0.1) is 0 Å². The minimum atomic E-state index is -0.827. The van der Waals surface area contributed by atoms with Crippen LogP contribution in [-0.2, 0) is 14.3 Å². The maximum absolute atomic E-state index is 13.0. The number of fused-ring (bicyclic) bond motifs is 3. The predicted molar refractivity (Wildman–Crippen MR) is 128 cm³/mol. The van der Waals surface area contributed by atoms with E-state index >= 15 is 0 Å². The van der Waals surface area contributed by atoms with Gasteiger partial charge >= 0.3 is 12.1 Å². The molecule has 2 aromatic rings. The van der Waals surface area contributed by atoms with E-state index in [4.69, 9.17) is 4.74 Å². The van der Waals surface area contributed by atoms with Crippen molar-refractivity contribution >= 4 is 18.0 Å². The summed E-state index contributed by atoms with van der Waals surface area (Å²) >= 11 is 0. The molecule has 2 aromatic carbocycles. The number of hydrogen-bond donors (Lipinski definition) is 3. The first-order valence-electron chi connectivity index (χ1n) is 12.0. The molecule has 0 radical (unpaired) electrons. The van der Waals surface area contributed by atoms with Crippen molar-refractivity contribution in [1.29, 1.82) is 0 Å². The van der Waals surface area contributed by atoms with Crippen LogP contribution in [0.15, 0.2) is 48.5 Å². The lowest BCUT2D eigenvalue weighted by Gasteiger charge is -2.25. The standard InChI is InChI=1S/C27H32N2O5/c1-3-16(2)24(25(30)28-18-13-12-17(14-18)26(31)32)29-27(33)34-15-23-21-10-6-4-8-19(21)20-9-5-7-11-22(20)23/h4-11,16-18,23-24H,3,12-15H2,1-2H3,(H,28,30)(H,29,33)(H,31,32)/t16-,17?,18?,24-/m0/s1. The van der Waals surface area contributed by atoms with Crippen LogP contribution in [0.5, 0.6) is 0 Å². The number of carboxylic acid groups (broad SMARTS) is 1. The van der Waals surface area contributed by atoms with Crippen LogP contribution in [0.2, 0.25) is 0 Å². The SMILES string of the molecule is CC[C@H](C)[C@H](NC(=O)OCC1c2ccccc2-c2ccccc21)C(=O)NC1CCC(C(=O)O)C1. The van der Waals surface area contributed by atoms with Crippen molar-refractivity contribution in [3.05, 3.63) is 59.7 Å². The molecule has 0 aliphatic heterocycles. The van der Waals surface area contributed by atoms with E-state index in [2.05, 4.69) is 34.9 Å². The number of nitrogens with one attached hydrogen (secondary N) is 2. The topological polar surface area (TPSA) is 105 Å². The number of carbonyl (C=O) groups excluding carboxylic acids is 2. The highest BCUT2D eigenvalue weighted by molar-refractivity contribution is 5.86. The predicted octanol–water partition coefficient (Wildman–Crippen LogP) is 4.31. The van der Waals surface area contributed by atoms with E-state index in [9.17, 15) is 19.5 Å². The van der Waals surface area contributed by atoms with E-state index in [-0.39, 0.29) is 30.4 Å². The van der Waals surface area contributed by atoms with Crippen molar-refractivity contribution in [1.82, 2.24) is 10.6 Å². The van der Waals surface area contributed by atoms with E-state index in [1.54, 1.807) is 0 Å². The fourth-order valence-electron chi connectivity index (χ4n) is 5.10. The smallest absolute Gasteiger partial charge is 0.407 e. The van der Waals surface area contributed by atoms with Gasteiger partial charge in [0.2, 0.25) is 5.91 Å². The second kappa shape index (κ2) is 10.3. The quantitative estimate of drug-likeness (QED) is 0.540. The molecule has 2 unspecified atom stereocenters. The number of hydrogen-bond acceptors (Lipinski definition) is 4. The molecule has 0 heterocycles. The Labute approximate surface area is 199 Å². The number of amides is 2. The van der Waals surface area contributed by atoms with E-state index in [0.717, 1.165) is 22.3 Å². The molecule has 7 heteroatoms. The van der Waals surface area contributed by atoms with Gasteiger partial charge in [0.25, 0.3) is 0 Å². The molecule has 2 aliphatic carbocycles. The molecule has 0 bridgehead atoms. The number of ether oxygens (including phenoxy) is 1. The zero-order valence-electron chi connectivity index (χ0n) is 19.6. The summed E-state index contributed by atoms with van der Waals surface area (Å²) in [4.78, 5) is 36.9. The van der Waals surface area contributed by atoms with Gasteiger partial charge in [0.1, 0.15) is 12.6 Å². The van der Waals surface area contributed by atoms with Crippen LogP contribution in [0.1, 0.15) is 56.6 Å². The molecule has 0 aromatic heterocycles. The zero-order chi connectivity index (χ0) is 24.2. The van der Waals surface area contributed by atoms with Crippen LogP contribution in [0, 0.1) is 11.8 Å². The molecule has 4 rings (SSSR count). The molecule has 4 atom stereocenters. The van der Waals surface area contributed by atoms with E-state index in [0.29, 0.717) is 25.7 Å². The number of aliphatic carboxylic acids is 1. The lowest BCUT2D eigenvalue weighted by Crippen LogP contribution is -2.52. The first kappa shape index (κ1) is 23.8. The summed E-state index contributed by atoms with van der Waals surface area (Å²) in [6.45, 7) is 4.04. The third-order valence-electron chi connectivity index (χ3n) is 7.24. The maximum Gasteiger partial charge on any atom is 0.407 e. The van der Waals surface area contributed by atoms with Gasteiger partial charge in [0, 0.05) is 12.0 Å². The highest BCUT2D eigenvalue weighted by Crippen LogP contribution is 2.44. The minimum absolute atomic E-state index is 0.0551. The Balaban J connectivity index is 1.38. The number of carboxylic acids is 1. The Bertz CT molecular complexity index is 1020. The molecule has 0 spiro atoms. The monoisotopic (exact) mass is 464 g/mol. The van der Waals surface area contributed by atoms with Gasteiger partial charge in [0.05, 0.1) is 5.92 Å². The summed E-state index contributed by atoms with van der Waals surface area (Å²) in [6.07, 6.45) is 1.66. The van der Waals surface area contributed by atoms with Crippen LogP contribution in [-0.4, -0.2) is 41.8 Å². The summed E-state index contributed by atoms with van der Waals surface area (Å²) in [7, 11) is 0. The second-order valence-corrected chi connectivity index (χ2v) is 9.39. The largest absolute Gasteiger partial charge is 0.481 e. The van der Waals surface area contributed by atoms with Crippen molar-refractivity contribution in [3.63, 3.8) is 0 Å². The summed E-state index contributed by atoms with van der Waals surface area (Å²) in [5.74, 6) is -1.70. The highest BCUT2D eigenvalue weighted by Gasteiger charge is 2.34. The van der Waals surface area contributed by atoms with Gasteiger partial charge in [-0.3, -0.25) is 9.59 Å². The lowest BCUT2D eigenvalue weighted by molar-refractivity contribution is -0.141. The summed E-state index contributed by atoms with van der Waals surface area (Å²) < 4.78 is 5.63. The Morgan fingerprint density at radius 3 is 2.21 bits per heavy atom. The molecule has 3 N–H and O–H groups in total. The van der Waals surface area contributed by atoms with Gasteiger partial charge < -0.3 is 20.5 Å². The van der Waals surface area contributed by atoms with Crippen molar-refractivity contribution in [2.24, 2.45) is 11.8 Å². The Morgan fingerprint density at radius 1 is 1.03 bits per heavy atom. The molecule has 2 aliphatic rings. The molecule has 1 fully saturated rings. The first-order valence-corrected chi connectivity index (χ1v) is 12.0. The number of carbonyl (C=O) groups is 3. The van der Waals surface area contributed by atoms with Crippen LogP contribution in [0.3, 0.4) is 0 Å². The van der Waals surface area contributed by atoms with E-state index in [1.165, 1.54) is 0 Å². The van der Waals surface area contributed by atoms with E-state index < -0.39 is 24.0 Å². The first-order chi connectivity index (χ1) is 16.4. The van der Waals surface area contributed by atoms with Gasteiger partial charge in [0.15, 0.2) is 0 Å². The third kappa shape index (κ3) is 4.93. The molecule has 1 saturated carbocycles. The Kier molecular flexibility index (Phi) is 7.20. The summed E-state index contributed by atoms with van der Waals surface area (Å²) in [6, 6.07) is 15.3. The average Bonchev–Trinajstić information content (AvgIpc) is 3.43. The van der Waals surface area contributed by atoms with Crippen molar-refractivity contribution in [2.45, 2.75) is 57.5 Å². The Hall–Kier alpha value is -3.35. The van der Waals surface area contributed by atoms with Gasteiger partial charge in [-0.05, 0) is 47.4 Å². The fourth-order valence-corrected chi connectivity index (χ4v) is 5.10. The van der Waals surface area contributed by atoms with Gasteiger partial charge in [-0.25, -0.2) is 4.79 Å². The molecular formula is C27H32N2O5. The lowest BCUT2D eigenvalue weighted by atomic mass is 9.97. The van der Waals surface area contributed by atoms with Crippen LogP contribution >= 0.6 is 0 Å². The zero-order valence-corrected chi connectivity index (χ0v) is 19.6. The number of benzene rings is 2. The molecule has 34 heavy (non-hydrogen) atoms. The fraction of sp³-hybridized carbons (Fsp3) is 0.444. The van der Waals surface area contributed by atoms with Crippen molar-refractivity contribution in [2.75, 3.05) is 6.61 Å². The Morgan fingerprint density at radius 2 is 1.65 bits per heavy atom. The average molecular weight is 465 g/mol. The molecule has 180 valence electrons. The normalized spacial score (nSPS) is 20.6. The maximum atomic E-state index is 13.0. The van der Waals surface area contributed by atoms with Crippen molar-refractivity contribution < 1.29 is 24.2 Å².